The van der Waals surface area contributed by atoms with Crippen LogP contribution in [-0.2, 0) is 9.63 Å². The predicted octanol–water partition coefficient (Wildman–Crippen LogP) is 2.61. The van der Waals surface area contributed by atoms with Crippen molar-refractivity contribution in [1.82, 2.24) is 5.48 Å². The molecule has 1 amide bonds. The van der Waals surface area contributed by atoms with Crippen molar-refractivity contribution in [2.24, 2.45) is 0 Å². The molecule has 2 aromatic rings. The molecule has 6 nitrogen and oxygen atoms in total. The fourth-order valence-corrected chi connectivity index (χ4v) is 1.89. The van der Waals surface area contributed by atoms with Crippen LogP contribution < -0.4 is 15.0 Å². The molecule has 6 heteroatoms. The number of amides is 1. The van der Waals surface area contributed by atoms with Crippen LogP contribution in [-0.4, -0.2) is 26.1 Å². The summed E-state index contributed by atoms with van der Waals surface area (Å²) in [5.41, 5.74) is 3.15. The Morgan fingerprint density at radius 1 is 0.958 bits per heavy atom. The minimum atomic E-state index is -0.636. The van der Waals surface area contributed by atoms with Gasteiger partial charge in [-0.3, -0.25) is 4.79 Å². The van der Waals surface area contributed by atoms with Crippen LogP contribution >= 0.6 is 0 Å². The Balaban J connectivity index is 1.92. The monoisotopic (exact) mass is 327 g/mol. The molecule has 0 radical (unpaired) electrons. The number of methoxy groups -OCH3 is 2. The number of hydroxylamine groups is 1. The second-order valence-electron chi connectivity index (χ2n) is 4.67. The summed E-state index contributed by atoms with van der Waals surface area (Å²) in [5, 5.41) is 0. The summed E-state index contributed by atoms with van der Waals surface area (Å²) in [7, 11) is 3.07. The van der Waals surface area contributed by atoms with Crippen molar-refractivity contribution < 1.29 is 23.9 Å². The molecular formula is C18H17NO5. The highest BCUT2D eigenvalue weighted by atomic mass is 16.7. The van der Waals surface area contributed by atoms with Crippen LogP contribution in [0.15, 0.2) is 54.6 Å². The third kappa shape index (κ3) is 4.61. The van der Waals surface area contributed by atoms with E-state index in [9.17, 15) is 9.59 Å². The molecule has 0 spiro atoms. The molecule has 0 aromatic heterocycles. The van der Waals surface area contributed by atoms with Gasteiger partial charge in [-0.15, -0.1) is 0 Å². The number of carbonyl (C=O) groups is 2. The first-order valence-corrected chi connectivity index (χ1v) is 7.10. The fourth-order valence-electron chi connectivity index (χ4n) is 1.89. The lowest BCUT2D eigenvalue weighted by molar-refractivity contribution is -0.124. The lowest BCUT2D eigenvalue weighted by atomic mass is 10.2. The van der Waals surface area contributed by atoms with E-state index in [0.717, 1.165) is 5.56 Å². The summed E-state index contributed by atoms with van der Waals surface area (Å²) in [6, 6.07) is 13.6. The van der Waals surface area contributed by atoms with Gasteiger partial charge in [0.25, 0.3) is 5.91 Å². The Bertz CT molecular complexity index is 740. The van der Waals surface area contributed by atoms with E-state index in [1.54, 1.807) is 61.7 Å². The second-order valence-corrected chi connectivity index (χ2v) is 4.67. The van der Waals surface area contributed by atoms with Gasteiger partial charge in [0.05, 0.1) is 19.8 Å². The molecule has 0 saturated carbocycles. The molecule has 2 aromatic carbocycles. The minimum Gasteiger partial charge on any atom is -0.493 e. The summed E-state index contributed by atoms with van der Waals surface area (Å²) >= 11 is 0. The van der Waals surface area contributed by atoms with Crippen molar-refractivity contribution >= 4 is 18.0 Å². The van der Waals surface area contributed by atoms with E-state index in [4.69, 9.17) is 14.3 Å². The van der Waals surface area contributed by atoms with Crippen LogP contribution in [0.1, 0.15) is 15.9 Å². The largest absolute Gasteiger partial charge is 0.493 e. The predicted molar refractivity (Wildman–Crippen MR) is 88.6 cm³/mol. The van der Waals surface area contributed by atoms with Gasteiger partial charge < -0.3 is 14.3 Å². The number of nitrogens with one attached hydrogen (secondary N) is 1. The van der Waals surface area contributed by atoms with E-state index >= 15 is 0 Å². The number of benzene rings is 2. The Labute approximate surface area is 139 Å². The number of hydrogen-bond acceptors (Lipinski definition) is 5. The quantitative estimate of drug-likeness (QED) is 0.675. The molecule has 124 valence electrons. The number of carbonyl (C=O) groups excluding carboxylic acids is 2. The maximum Gasteiger partial charge on any atom is 0.362 e. The van der Waals surface area contributed by atoms with Crippen molar-refractivity contribution in [1.29, 1.82) is 0 Å². The van der Waals surface area contributed by atoms with Crippen molar-refractivity contribution in [2.45, 2.75) is 0 Å². The van der Waals surface area contributed by atoms with Gasteiger partial charge in [0.15, 0.2) is 11.5 Å². The van der Waals surface area contributed by atoms with Gasteiger partial charge in [0, 0.05) is 6.08 Å². The van der Waals surface area contributed by atoms with Crippen LogP contribution in [0.5, 0.6) is 11.5 Å². The van der Waals surface area contributed by atoms with Crippen LogP contribution in [0.2, 0.25) is 0 Å². The van der Waals surface area contributed by atoms with Gasteiger partial charge in [-0.25, -0.2) is 4.79 Å². The van der Waals surface area contributed by atoms with Crippen molar-refractivity contribution in [3.8, 4) is 11.5 Å². The molecule has 0 heterocycles. The molecule has 0 aliphatic carbocycles. The van der Waals surface area contributed by atoms with E-state index in [-0.39, 0.29) is 0 Å². The first-order chi connectivity index (χ1) is 11.6. The topological polar surface area (TPSA) is 73.9 Å². The number of ether oxygens (including phenoxy) is 2. The highest BCUT2D eigenvalue weighted by molar-refractivity contribution is 5.94. The Morgan fingerprint density at radius 3 is 2.33 bits per heavy atom. The third-order valence-corrected chi connectivity index (χ3v) is 3.09. The molecule has 1 N–H and O–H groups in total. The highest BCUT2D eigenvalue weighted by Crippen LogP contribution is 2.27. The molecule has 0 atom stereocenters. The SMILES string of the molecule is COc1ccc(C=CC(=O)NOC(=O)c2ccccc2)cc1OC. The maximum absolute atomic E-state index is 11.7. The molecule has 0 aliphatic rings. The summed E-state index contributed by atoms with van der Waals surface area (Å²) in [4.78, 5) is 28.1. The molecule has 0 bridgehead atoms. The first-order valence-electron chi connectivity index (χ1n) is 7.10. The smallest absolute Gasteiger partial charge is 0.362 e. The molecule has 0 fully saturated rings. The zero-order valence-corrected chi connectivity index (χ0v) is 13.3. The normalized spacial score (nSPS) is 10.2. The van der Waals surface area contributed by atoms with E-state index in [2.05, 4.69) is 5.48 Å². The molecule has 0 aliphatic heterocycles. The standard InChI is InChI=1S/C18H17NO5/c1-22-15-10-8-13(12-16(15)23-2)9-11-17(20)19-24-18(21)14-6-4-3-5-7-14/h3-12H,1-2H3,(H,19,20). The summed E-state index contributed by atoms with van der Waals surface area (Å²) in [6.07, 6.45) is 2.81. The lowest BCUT2D eigenvalue weighted by Gasteiger charge is -2.07. The zero-order valence-electron chi connectivity index (χ0n) is 13.3. The summed E-state index contributed by atoms with van der Waals surface area (Å²) < 4.78 is 10.3. The first kappa shape index (κ1) is 17.1. The molecule has 2 rings (SSSR count). The zero-order chi connectivity index (χ0) is 17.4. The number of hydrogen-bond donors (Lipinski definition) is 1. The van der Waals surface area contributed by atoms with Crippen molar-refractivity contribution in [2.75, 3.05) is 14.2 Å². The van der Waals surface area contributed by atoms with Crippen LogP contribution in [0.3, 0.4) is 0 Å². The van der Waals surface area contributed by atoms with Crippen LogP contribution in [0.4, 0.5) is 0 Å². The van der Waals surface area contributed by atoms with Gasteiger partial charge in [0.1, 0.15) is 0 Å². The molecule has 0 saturated heterocycles. The summed E-state index contributed by atoms with van der Waals surface area (Å²) in [6.45, 7) is 0. The van der Waals surface area contributed by atoms with E-state index < -0.39 is 11.9 Å². The average Bonchev–Trinajstić information content (AvgIpc) is 2.64. The lowest BCUT2D eigenvalue weighted by Crippen LogP contribution is -2.25. The summed E-state index contributed by atoms with van der Waals surface area (Å²) in [5.74, 6) is -0.0519. The van der Waals surface area contributed by atoms with Gasteiger partial charge >= 0.3 is 5.97 Å². The van der Waals surface area contributed by atoms with Gasteiger partial charge in [-0.05, 0) is 35.9 Å². The van der Waals surface area contributed by atoms with Crippen LogP contribution in [0.25, 0.3) is 6.08 Å². The number of rotatable bonds is 5. The van der Waals surface area contributed by atoms with E-state index in [1.807, 2.05) is 0 Å². The van der Waals surface area contributed by atoms with E-state index in [0.29, 0.717) is 17.1 Å². The molecular weight excluding hydrogens is 310 g/mol. The maximum atomic E-state index is 11.7. The molecule has 0 unspecified atom stereocenters. The van der Waals surface area contributed by atoms with Gasteiger partial charge in [-0.2, -0.15) is 5.48 Å². The van der Waals surface area contributed by atoms with Gasteiger partial charge in [0.2, 0.25) is 0 Å². The fraction of sp³-hybridized carbons (Fsp3) is 0.111. The second kappa shape index (κ2) is 8.38. The molecule has 24 heavy (non-hydrogen) atoms. The minimum absolute atomic E-state index is 0.349. The van der Waals surface area contributed by atoms with Crippen molar-refractivity contribution in [3.05, 3.63) is 65.7 Å². The van der Waals surface area contributed by atoms with Crippen molar-refractivity contribution in [3.63, 3.8) is 0 Å². The average molecular weight is 327 g/mol. The third-order valence-electron chi connectivity index (χ3n) is 3.09. The Morgan fingerprint density at radius 2 is 1.67 bits per heavy atom. The van der Waals surface area contributed by atoms with Crippen LogP contribution in [0, 0.1) is 0 Å². The Kier molecular flexibility index (Phi) is 5.96. The highest BCUT2D eigenvalue weighted by Gasteiger charge is 2.08. The van der Waals surface area contributed by atoms with E-state index in [1.165, 1.54) is 13.2 Å². The Hall–Kier alpha value is -3.28. The van der Waals surface area contributed by atoms with Gasteiger partial charge in [-0.1, -0.05) is 24.3 Å².